The van der Waals surface area contributed by atoms with Crippen LogP contribution in [0.1, 0.15) is 5.56 Å². The van der Waals surface area contributed by atoms with Crippen molar-refractivity contribution in [1.29, 1.82) is 0 Å². The average Bonchev–Trinajstić information content (AvgIpc) is 2.37. The van der Waals surface area contributed by atoms with Crippen molar-refractivity contribution in [3.05, 3.63) is 53.8 Å². The van der Waals surface area contributed by atoms with Gasteiger partial charge < -0.3 is 10.6 Å². The molecule has 21 heavy (non-hydrogen) atoms. The summed E-state index contributed by atoms with van der Waals surface area (Å²) in [5.41, 5.74) is 7.31. The van der Waals surface area contributed by atoms with Crippen molar-refractivity contribution < 1.29 is 12.8 Å². The van der Waals surface area contributed by atoms with E-state index in [-0.39, 0.29) is 16.4 Å². The first-order valence-corrected chi connectivity index (χ1v) is 7.70. The molecule has 4 N–H and O–H groups in total. The second-order valence-electron chi connectivity index (χ2n) is 4.75. The lowest BCUT2D eigenvalue weighted by Crippen LogP contribution is -2.18. The second kappa shape index (κ2) is 5.71. The van der Waals surface area contributed by atoms with Gasteiger partial charge in [0.25, 0.3) is 0 Å². The zero-order valence-corrected chi connectivity index (χ0v) is 12.3. The minimum Gasteiger partial charge on any atom is -0.398 e. The van der Waals surface area contributed by atoms with E-state index in [1.54, 1.807) is 19.2 Å². The molecule has 0 spiro atoms. The van der Waals surface area contributed by atoms with Crippen LogP contribution in [-0.4, -0.2) is 15.5 Å². The Labute approximate surface area is 123 Å². The van der Waals surface area contributed by atoms with Crippen molar-refractivity contribution in [3.63, 3.8) is 0 Å². The molecule has 2 aromatic carbocycles. The minimum absolute atomic E-state index is 0.0843. The minimum atomic E-state index is -3.83. The van der Waals surface area contributed by atoms with E-state index in [2.05, 4.69) is 0 Å². The zero-order valence-electron chi connectivity index (χ0n) is 11.5. The lowest BCUT2D eigenvalue weighted by atomic mass is 10.2. The second-order valence-corrected chi connectivity index (χ2v) is 6.28. The summed E-state index contributed by atoms with van der Waals surface area (Å²) in [6.07, 6.45) is 0. The molecule has 0 fully saturated rings. The predicted octanol–water partition coefficient (Wildman–Crippen LogP) is 1.69. The molecule has 0 aliphatic heterocycles. The van der Waals surface area contributed by atoms with Gasteiger partial charge in [-0.1, -0.05) is 12.1 Å². The first-order valence-electron chi connectivity index (χ1n) is 6.15. The van der Waals surface area contributed by atoms with E-state index in [4.69, 9.17) is 10.9 Å². The molecule has 2 aromatic rings. The summed E-state index contributed by atoms with van der Waals surface area (Å²) in [4.78, 5) is 1.73. The lowest BCUT2D eigenvalue weighted by Gasteiger charge is -2.20. The fraction of sp³-hybridized carbons (Fsp3) is 0.143. The molecule has 2 rings (SSSR count). The van der Waals surface area contributed by atoms with Gasteiger partial charge in [-0.3, -0.25) is 0 Å². The van der Waals surface area contributed by atoms with E-state index >= 15 is 0 Å². The highest BCUT2D eigenvalue weighted by Gasteiger charge is 2.13. The van der Waals surface area contributed by atoms with Crippen LogP contribution < -0.4 is 15.8 Å². The molecular formula is C14H16FN3O2S. The topological polar surface area (TPSA) is 89.4 Å². The largest absolute Gasteiger partial charge is 0.398 e. The van der Waals surface area contributed by atoms with Gasteiger partial charge in [-0.25, -0.2) is 17.9 Å². The Balaban J connectivity index is 2.24. The first kappa shape index (κ1) is 15.3. The highest BCUT2D eigenvalue weighted by atomic mass is 32.2. The van der Waals surface area contributed by atoms with Gasteiger partial charge in [0.1, 0.15) is 10.7 Å². The third-order valence-corrected chi connectivity index (χ3v) is 4.03. The van der Waals surface area contributed by atoms with Gasteiger partial charge in [-0.15, -0.1) is 0 Å². The van der Waals surface area contributed by atoms with E-state index in [1.807, 2.05) is 11.0 Å². The summed E-state index contributed by atoms with van der Waals surface area (Å²) in [5.74, 6) is -0.301. The van der Waals surface area contributed by atoms with Crippen LogP contribution in [0, 0.1) is 5.82 Å². The van der Waals surface area contributed by atoms with E-state index in [9.17, 15) is 12.8 Å². The molecule has 112 valence electrons. The van der Waals surface area contributed by atoms with Gasteiger partial charge in [-0.05, 0) is 35.9 Å². The van der Waals surface area contributed by atoms with E-state index in [0.29, 0.717) is 12.2 Å². The molecule has 0 aliphatic carbocycles. The van der Waals surface area contributed by atoms with Crippen molar-refractivity contribution in [1.82, 2.24) is 0 Å². The van der Waals surface area contributed by atoms with Crippen LogP contribution in [0.3, 0.4) is 0 Å². The van der Waals surface area contributed by atoms with Crippen LogP contribution in [0.2, 0.25) is 0 Å². The molecule has 0 amide bonds. The van der Waals surface area contributed by atoms with Crippen molar-refractivity contribution in [2.45, 2.75) is 11.4 Å². The number of rotatable bonds is 4. The summed E-state index contributed by atoms with van der Waals surface area (Å²) < 4.78 is 35.8. The summed E-state index contributed by atoms with van der Waals surface area (Å²) in [6.45, 7) is 0.464. The molecule has 7 heteroatoms. The number of nitrogen functional groups attached to an aromatic ring is 1. The molecule has 0 radical (unpaired) electrons. The maximum absolute atomic E-state index is 13.1. The summed E-state index contributed by atoms with van der Waals surface area (Å²) in [5, 5.41) is 5.06. The molecule has 0 aliphatic rings. The molecule has 0 heterocycles. The van der Waals surface area contributed by atoms with Crippen molar-refractivity contribution >= 4 is 21.4 Å². The Hall–Kier alpha value is -2.12. The highest BCUT2D eigenvalue weighted by molar-refractivity contribution is 7.89. The molecule has 0 saturated heterocycles. The number of anilines is 2. The maximum atomic E-state index is 13.1. The summed E-state index contributed by atoms with van der Waals surface area (Å²) >= 11 is 0. The van der Waals surface area contributed by atoms with E-state index in [0.717, 1.165) is 5.56 Å². The van der Waals surface area contributed by atoms with Crippen LogP contribution in [0.5, 0.6) is 0 Å². The number of nitrogens with two attached hydrogens (primary N) is 2. The normalized spacial score (nSPS) is 11.4. The Morgan fingerprint density at radius 1 is 1.19 bits per heavy atom. The van der Waals surface area contributed by atoms with Gasteiger partial charge in [0.05, 0.1) is 5.69 Å². The van der Waals surface area contributed by atoms with Crippen molar-refractivity contribution in [2.24, 2.45) is 5.14 Å². The number of primary sulfonamides is 1. The molecule has 0 bridgehead atoms. The van der Waals surface area contributed by atoms with Crippen LogP contribution in [0.25, 0.3) is 0 Å². The van der Waals surface area contributed by atoms with Crippen molar-refractivity contribution in [3.8, 4) is 0 Å². The summed E-state index contributed by atoms with van der Waals surface area (Å²) in [7, 11) is -2.03. The van der Waals surface area contributed by atoms with Gasteiger partial charge in [0, 0.05) is 19.3 Å². The first-order chi connectivity index (χ1) is 9.77. The van der Waals surface area contributed by atoms with Crippen LogP contribution >= 0.6 is 0 Å². The number of hydrogen-bond acceptors (Lipinski definition) is 4. The average molecular weight is 309 g/mol. The van der Waals surface area contributed by atoms with Gasteiger partial charge >= 0.3 is 0 Å². The Morgan fingerprint density at radius 2 is 1.90 bits per heavy atom. The maximum Gasteiger partial charge on any atom is 0.240 e. The fourth-order valence-electron chi connectivity index (χ4n) is 2.03. The number of halogens is 1. The zero-order chi connectivity index (χ0) is 15.6. The Kier molecular flexibility index (Phi) is 4.15. The molecular weight excluding hydrogens is 293 g/mol. The lowest BCUT2D eigenvalue weighted by molar-refractivity contribution is 0.598. The molecule has 5 nitrogen and oxygen atoms in total. The smallest absolute Gasteiger partial charge is 0.240 e. The van der Waals surface area contributed by atoms with Crippen molar-refractivity contribution in [2.75, 3.05) is 17.7 Å². The van der Waals surface area contributed by atoms with Gasteiger partial charge in [0.15, 0.2) is 0 Å². The number of nitrogens with zero attached hydrogens (tertiary/aromatic N) is 1. The number of benzene rings is 2. The van der Waals surface area contributed by atoms with E-state index in [1.165, 1.54) is 24.3 Å². The predicted molar refractivity (Wildman–Crippen MR) is 80.7 cm³/mol. The molecule has 0 aromatic heterocycles. The molecule has 0 atom stereocenters. The number of sulfonamides is 1. The monoisotopic (exact) mass is 309 g/mol. The van der Waals surface area contributed by atoms with Crippen LogP contribution in [0.15, 0.2) is 47.4 Å². The fourth-order valence-corrected chi connectivity index (χ4v) is 2.68. The van der Waals surface area contributed by atoms with E-state index < -0.39 is 10.0 Å². The van der Waals surface area contributed by atoms with Gasteiger partial charge in [0.2, 0.25) is 10.0 Å². The SMILES string of the molecule is CN(Cc1cccc(F)c1)c1ccc(S(N)(=O)=O)c(N)c1. The van der Waals surface area contributed by atoms with Crippen LogP contribution in [0.4, 0.5) is 15.8 Å². The highest BCUT2D eigenvalue weighted by Crippen LogP contribution is 2.24. The molecule has 0 saturated carbocycles. The quantitative estimate of drug-likeness (QED) is 0.841. The third kappa shape index (κ3) is 3.71. The third-order valence-electron chi connectivity index (χ3n) is 3.05. The Morgan fingerprint density at radius 3 is 2.48 bits per heavy atom. The standard InChI is InChI=1S/C14H16FN3O2S/c1-18(9-10-3-2-4-11(15)7-10)12-5-6-14(13(16)8-12)21(17,19)20/h2-8H,9,16H2,1H3,(H2,17,19,20). The molecule has 0 unspecified atom stereocenters. The summed E-state index contributed by atoms with van der Waals surface area (Å²) in [6, 6.07) is 10.8. The van der Waals surface area contributed by atoms with Crippen LogP contribution in [-0.2, 0) is 16.6 Å². The Bertz CT molecular complexity index is 763. The van der Waals surface area contributed by atoms with Gasteiger partial charge in [-0.2, -0.15) is 0 Å². The number of hydrogen-bond donors (Lipinski definition) is 2.